The van der Waals surface area contributed by atoms with E-state index in [1.54, 1.807) is 7.11 Å². The zero-order valence-electron chi connectivity index (χ0n) is 15.4. The molecular formula is C20H31N3O2. The number of methoxy groups -OCH3 is 1. The highest BCUT2D eigenvalue weighted by Gasteiger charge is 2.25. The van der Waals surface area contributed by atoms with Crippen molar-refractivity contribution in [2.45, 2.75) is 25.7 Å². The zero-order valence-corrected chi connectivity index (χ0v) is 15.4. The molecule has 2 aliphatic rings. The van der Waals surface area contributed by atoms with Crippen molar-refractivity contribution in [2.24, 2.45) is 5.92 Å². The maximum absolute atomic E-state index is 12.0. The van der Waals surface area contributed by atoms with Gasteiger partial charge in [-0.3, -0.25) is 9.69 Å². The van der Waals surface area contributed by atoms with Crippen LogP contribution in [0.5, 0.6) is 0 Å². The summed E-state index contributed by atoms with van der Waals surface area (Å²) in [5, 5.41) is 2.98. The number of hydrogen-bond acceptors (Lipinski definition) is 4. The van der Waals surface area contributed by atoms with Gasteiger partial charge in [-0.15, -0.1) is 0 Å². The summed E-state index contributed by atoms with van der Waals surface area (Å²) in [5.74, 6) is 0.884. The van der Waals surface area contributed by atoms with Gasteiger partial charge in [0.1, 0.15) is 0 Å². The molecule has 138 valence electrons. The molecule has 1 saturated heterocycles. The normalized spacial score (nSPS) is 18.4. The minimum absolute atomic E-state index is 0.142. The lowest BCUT2D eigenvalue weighted by molar-refractivity contribution is -0.122. The van der Waals surface area contributed by atoms with Crippen LogP contribution in [0.2, 0.25) is 0 Å². The number of nitrogens with zero attached hydrogens (tertiary/aromatic N) is 2. The highest BCUT2D eigenvalue weighted by molar-refractivity contribution is 5.77. The monoisotopic (exact) mass is 345 g/mol. The van der Waals surface area contributed by atoms with Crippen molar-refractivity contribution in [3.05, 3.63) is 29.8 Å². The molecule has 1 aromatic rings. The summed E-state index contributed by atoms with van der Waals surface area (Å²) >= 11 is 0. The van der Waals surface area contributed by atoms with Gasteiger partial charge < -0.3 is 15.0 Å². The number of piperidine rings is 1. The van der Waals surface area contributed by atoms with Crippen LogP contribution in [-0.2, 0) is 16.0 Å². The molecule has 1 amide bonds. The summed E-state index contributed by atoms with van der Waals surface area (Å²) in [4.78, 5) is 16.8. The summed E-state index contributed by atoms with van der Waals surface area (Å²) in [5.41, 5.74) is 2.92. The van der Waals surface area contributed by atoms with Crippen LogP contribution in [0.1, 0.15) is 24.8 Å². The van der Waals surface area contributed by atoms with Crippen molar-refractivity contribution in [3.63, 3.8) is 0 Å². The van der Waals surface area contributed by atoms with Gasteiger partial charge in [0.15, 0.2) is 0 Å². The SMILES string of the molecule is COCCCNC(=O)CN1CCC(CN2CCc3ccccc32)CC1. The van der Waals surface area contributed by atoms with E-state index in [1.165, 1.54) is 30.5 Å². The fraction of sp³-hybridized carbons (Fsp3) is 0.650. The second-order valence-electron chi connectivity index (χ2n) is 7.24. The van der Waals surface area contributed by atoms with Crippen molar-refractivity contribution in [2.75, 3.05) is 57.9 Å². The molecular weight excluding hydrogens is 314 g/mol. The van der Waals surface area contributed by atoms with Crippen LogP contribution in [0.4, 0.5) is 5.69 Å². The number of anilines is 1. The van der Waals surface area contributed by atoms with Gasteiger partial charge in [-0.2, -0.15) is 0 Å². The summed E-state index contributed by atoms with van der Waals surface area (Å²) in [7, 11) is 1.69. The van der Waals surface area contributed by atoms with Crippen LogP contribution < -0.4 is 10.2 Å². The van der Waals surface area contributed by atoms with E-state index in [1.807, 2.05) is 0 Å². The lowest BCUT2D eigenvalue weighted by Gasteiger charge is -2.34. The quantitative estimate of drug-likeness (QED) is 0.731. The summed E-state index contributed by atoms with van der Waals surface area (Å²) in [6, 6.07) is 8.79. The maximum Gasteiger partial charge on any atom is 0.234 e. The Bertz CT molecular complexity index is 556. The van der Waals surface area contributed by atoms with Gasteiger partial charge in [-0.1, -0.05) is 18.2 Å². The first-order valence-corrected chi connectivity index (χ1v) is 9.57. The number of nitrogens with one attached hydrogen (secondary N) is 1. The first kappa shape index (κ1) is 18.2. The van der Waals surface area contributed by atoms with Gasteiger partial charge in [-0.25, -0.2) is 0 Å². The number of likely N-dealkylation sites (tertiary alicyclic amines) is 1. The molecule has 0 saturated carbocycles. The topological polar surface area (TPSA) is 44.8 Å². The molecule has 2 heterocycles. The van der Waals surface area contributed by atoms with E-state index in [0.29, 0.717) is 19.7 Å². The van der Waals surface area contributed by atoms with E-state index in [-0.39, 0.29) is 5.91 Å². The van der Waals surface area contributed by atoms with Gasteiger partial charge in [-0.05, 0) is 56.3 Å². The number of fused-ring (bicyclic) bond motifs is 1. The fourth-order valence-electron chi connectivity index (χ4n) is 3.94. The molecule has 0 bridgehead atoms. The van der Waals surface area contributed by atoms with Gasteiger partial charge in [0.2, 0.25) is 5.91 Å². The van der Waals surface area contributed by atoms with Crippen molar-refractivity contribution in [1.29, 1.82) is 0 Å². The average molecular weight is 345 g/mol. The number of benzene rings is 1. The Morgan fingerprint density at radius 3 is 2.84 bits per heavy atom. The Morgan fingerprint density at radius 1 is 1.24 bits per heavy atom. The van der Waals surface area contributed by atoms with Crippen molar-refractivity contribution in [3.8, 4) is 0 Å². The number of amides is 1. The molecule has 3 rings (SSSR count). The molecule has 0 radical (unpaired) electrons. The predicted octanol–water partition coefficient (Wildman–Crippen LogP) is 1.91. The van der Waals surface area contributed by atoms with Crippen LogP contribution in [0.15, 0.2) is 24.3 Å². The smallest absolute Gasteiger partial charge is 0.234 e. The number of hydrogen-bond donors (Lipinski definition) is 1. The largest absolute Gasteiger partial charge is 0.385 e. The predicted molar refractivity (Wildman–Crippen MR) is 101 cm³/mol. The highest BCUT2D eigenvalue weighted by atomic mass is 16.5. The Balaban J connectivity index is 1.36. The molecule has 5 heteroatoms. The molecule has 1 fully saturated rings. The zero-order chi connectivity index (χ0) is 17.5. The second-order valence-corrected chi connectivity index (χ2v) is 7.24. The van der Waals surface area contributed by atoms with E-state index in [9.17, 15) is 4.79 Å². The number of ether oxygens (including phenoxy) is 1. The van der Waals surface area contributed by atoms with E-state index < -0.39 is 0 Å². The first-order valence-electron chi connectivity index (χ1n) is 9.57. The van der Waals surface area contributed by atoms with E-state index in [0.717, 1.165) is 38.5 Å². The number of carbonyl (C=O) groups is 1. The van der Waals surface area contributed by atoms with Crippen LogP contribution in [0, 0.1) is 5.92 Å². The van der Waals surface area contributed by atoms with Crippen LogP contribution in [0.25, 0.3) is 0 Å². The van der Waals surface area contributed by atoms with E-state index >= 15 is 0 Å². The molecule has 0 atom stereocenters. The van der Waals surface area contributed by atoms with Crippen molar-refractivity contribution < 1.29 is 9.53 Å². The summed E-state index contributed by atoms with van der Waals surface area (Å²) in [6.45, 7) is 6.32. The van der Waals surface area contributed by atoms with Crippen molar-refractivity contribution >= 4 is 11.6 Å². The fourth-order valence-corrected chi connectivity index (χ4v) is 3.94. The van der Waals surface area contributed by atoms with Crippen LogP contribution in [0.3, 0.4) is 0 Å². The maximum atomic E-state index is 12.0. The third-order valence-electron chi connectivity index (χ3n) is 5.38. The van der Waals surface area contributed by atoms with Gasteiger partial charge in [0.25, 0.3) is 0 Å². The Hall–Kier alpha value is -1.59. The number of carbonyl (C=O) groups excluding carboxylic acids is 1. The Kier molecular flexibility index (Phi) is 6.70. The second kappa shape index (κ2) is 9.20. The third kappa shape index (κ3) is 5.19. The minimum Gasteiger partial charge on any atom is -0.385 e. The Labute approximate surface area is 151 Å². The highest BCUT2D eigenvalue weighted by Crippen LogP contribution is 2.29. The molecule has 0 aromatic heterocycles. The molecule has 0 spiro atoms. The molecule has 0 unspecified atom stereocenters. The summed E-state index contributed by atoms with van der Waals surface area (Å²) < 4.78 is 5.00. The Morgan fingerprint density at radius 2 is 2.04 bits per heavy atom. The van der Waals surface area contributed by atoms with Gasteiger partial charge in [0, 0.05) is 39.0 Å². The van der Waals surface area contributed by atoms with Crippen LogP contribution >= 0.6 is 0 Å². The molecule has 1 N–H and O–H groups in total. The van der Waals surface area contributed by atoms with Gasteiger partial charge >= 0.3 is 0 Å². The molecule has 25 heavy (non-hydrogen) atoms. The van der Waals surface area contributed by atoms with Gasteiger partial charge in [0.05, 0.1) is 6.54 Å². The standard InChI is InChI=1S/C20H31N3O2/c1-25-14-4-10-21-20(24)16-22-11-7-17(8-12-22)15-23-13-9-18-5-2-3-6-19(18)23/h2-3,5-6,17H,4,7-16H2,1H3,(H,21,24). The van der Waals surface area contributed by atoms with Crippen LogP contribution in [-0.4, -0.2) is 63.8 Å². The summed E-state index contributed by atoms with van der Waals surface area (Å²) in [6.07, 6.45) is 4.44. The lowest BCUT2D eigenvalue weighted by Crippen LogP contribution is -2.43. The molecule has 1 aromatic carbocycles. The number of para-hydroxylation sites is 1. The molecule has 5 nitrogen and oxygen atoms in total. The first-order chi connectivity index (χ1) is 12.3. The van der Waals surface area contributed by atoms with E-state index in [2.05, 4.69) is 39.4 Å². The molecule has 0 aliphatic carbocycles. The minimum atomic E-state index is 0.142. The molecule has 2 aliphatic heterocycles. The third-order valence-corrected chi connectivity index (χ3v) is 5.38. The lowest BCUT2D eigenvalue weighted by atomic mass is 9.96. The average Bonchev–Trinajstić information content (AvgIpc) is 3.04. The van der Waals surface area contributed by atoms with E-state index in [4.69, 9.17) is 4.74 Å². The number of rotatable bonds is 8. The van der Waals surface area contributed by atoms with Crippen molar-refractivity contribution in [1.82, 2.24) is 10.2 Å².